The fourth-order valence-corrected chi connectivity index (χ4v) is 2.03. The summed E-state index contributed by atoms with van der Waals surface area (Å²) in [5.74, 6) is 0.708. The Morgan fingerprint density at radius 3 is 2.80 bits per heavy atom. The van der Waals surface area contributed by atoms with Gasteiger partial charge in [0.15, 0.2) is 0 Å². The lowest BCUT2D eigenvalue weighted by Gasteiger charge is -2.15. The molecule has 1 aliphatic rings. The van der Waals surface area contributed by atoms with E-state index in [-0.39, 0.29) is 5.96 Å². The summed E-state index contributed by atoms with van der Waals surface area (Å²) in [6.07, 6.45) is 1.06. The second-order valence-electron chi connectivity index (χ2n) is 3.80. The predicted molar refractivity (Wildman–Crippen MR) is 58.8 cm³/mol. The van der Waals surface area contributed by atoms with Crippen LogP contribution >= 0.6 is 0 Å². The van der Waals surface area contributed by atoms with Crippen molar-refractivity contribution in [2.75, 3.05) is 13.1 Å². The van der Waals surface area contributed by atoms with Gasteiger partial charge in [0, 0.05) is 19.0 Å². The van der Waals surface area contributed by atoms with Crippen molar-refractivity contribution in [3.8, 4) is 0 Å². The van der Waals surface area contributed by atoms with Crippen LogP contribution in [-0.2, 0) is 0 Å². The third-order valence-corrected chi connectivity index (χ3v) is 2.89. The highest BCUT2D eigenvalue weighted by Crippen LogP contribution is 2.26. The van der Waals surface area contributed by atoms with E-state index >= 15 is 0 Å². The van der Waals surface area contributed by atoms with Gasteiger partial charge in [-0.05, 0) is 12.0 Å². The van der Waals surface area contributed by atoms with Crippen LogP contribution in [0.2, 0.25) is 0 Å². The van der Waals surface area contributed by atoms with E-state index in [0.717, 1.165) is 19.5 Å². The first kappa shape index (κ1) is 9.83. The largest absolute Gasteiger partial charge is 0.408 e. The van der Waals surface area contributed by atoms with Crippen molar-refractivity contribution < 1.29 is 5.21 Å². The minimum Gasteiger partial charge on any atom is -0.408 e. The highest BCUT2D eigenvalue weighted by Gasteiger charge is 2.24. The number of nitrogens with two attached hydrogens (primary N) is 1. The lowest BCUT2D eigenvalue weighted by Crippen LogP contribution is -2.35. The SMILES string of the molecule is NC(=NO)N1CCC(c2ccccc2)C1. The number of rotatable bonds is 1. The van der Waals surface area contributed by atoms with E-state index in [2.05, 4.69) is 17.3 Å². The van der Waals surface area contributed by atoms with E-state index < -0.39 is 0 Å². The van der Waals surface area contributed by atoms with E-state index in [1.54, 1.807) is 0 Å². The maximum atomic E-state index is 8.57. The molecular formula is C11H15N3O. The molecule has 0 radical (unpaired) electrons. The molecule has 1 heterocycles. The van der Waals surface area contributed by atoms with Crippen LogP contribution in [0.5, 0.6) is 0 Å². The molecule has 1 fully saturated rings. The molecule has 4 heteroatoms. The third-order valence-electron chi connectivity index (χ3n) is 2.89. The molecule has 0 bridgehead atoms. The Balaban J connectivity index is 2.05. The van der Waals surface area contributed by atoms with Crippen LogP contribution < -0.4 is 5.73 Å². The number of hydrogen-bond donors (Lipinski definition) is 2. The molecule has 4 nitrogen and oxygen atoms in total. The van der Waals surface area contributed by atoms with E-state index in [0.29, 0.717) is 5.92 Å². The summed E-state index contributed by atoms with van der Waals surface area (Å²) >= 11 is 0. The van der Waals surface area contributed by atoms with Gasteiger partial charge in [0.25, 0.3) is 0 Å². The summed E-state index contributed by atoms with van der Waals surface area (Å²) in [7, 11) is 0. The summed E-state index contributed by atoms with van der Waals surface area (Å²) in [6.45, 7) is 1.69. The fourth-order valence-electron chi connectivity index (χ4n) is 2.03. The molecular weight excluding hydrogens is 190 g/mol. The number of likely N-dealkylation sites (tertiary alicyclic amines) is 1. The number of nitrogens with zero attached hydrogens (tertiary/aromatic N) is 2. The molecule has 1 aromatic carbocycles. The maximum absolute atomic E-state index is 8.57. The van der Waals surface area contributed by atoms with E-state index in [1.807, 2.05) is 23.1 Å². The van der Waals surface area contributed by atoms with E-state index in [9.17, 15) is 0 Å². The number of guanidine groups is 1. The van der Waals surface area contributed by atoms with Gasteiger partial charge in [0.1, 0.15) is 0 Å². The van der Waals surface area contributed by atoms with Crippen molar-refractivity contribution >= 4 is 5.96 Å². The molecule has 1 saturated heterocycles. The third kappa shape index (κ3) is 2.03. The Bertz CT molecular complexity index is 350. The summed E-state index contributed by atoms with van der Waals surface area (Å²) in [5, 5.41) is 11.6. The molecule has 0 spiro atoms. The second-order valence-corrected chi connectivity index (χ2v) is 3.80. The summed E-state index contributed by atoms with van der Waals surface area (Å²) in [6, 6.07) is 10.4. The van der Waals surface area contributed by atoms with Crippen molar-refractivity contribution in [1.82, 2.24) is 4.90 Å². The maximum Gasteiger partial charge on any atom is 0.233 e. The topological polar surface area (TPSA) is 61.9 Å². The van der Waals surface area contributed by atoms with Crippen molar-refractivity contribution in [2.24, 2.45) is 10.9 Å². The molecule has 0 saturated carbocycles. The standard InChI is InChI=1S/C11H15N3O/c12-11(13-15)14-7-6-10(8-14)9-4-2-1-3-5-9/h1-5,10,15H,6-8H2,(H2,12,13). The molecule has 3 N–H and O–H groups in total. The first-order valence-corrected chi connectivity index (χ1v) is 5.08. The molecule has 15 heavy (non-hydrogen) atoms. The zero-order valence-corrected chi connectivity index (χ0v) is 8.50. The Morgan fingerprint density at radius 2 is 2.13 bits per heavy atom. The van der Waals surface area contributed by atoms with Crippen LogP contribution in [0.1, 0.15) is 17.9 Å². The van der Waals surface area contributed by atoms with Crippen molar-refractivity contribution in [2.45, 2.75) is 12.3 Å². The van der Waals surface area contributed by atoms with Crippen LogP contribution in [-0.4, -0.2) is 29.2 Å². The zero-order chi connectivity index (χ0) is 10.7. The van der Waals surface area contributed by atoms with Gasteiger partial charge < -0.3 is 15.8 Å². The van der Waals surface area contributed by atoms with Crippen LogP contribution in [0.3, 0.4) is 0 Å². The first-order valence-electron chi connectivity index (χ1n) is 5.08. The Labute approximate surface area is 89.0 Å². The van der Waals surface area contributed by atoms with Gasteiger partial charge in [-0.15, -0.1) is 0 Å². The number of benzene rings is 1. The molecule has 1 aliphatic heterocycles. The van der Waals surface area contributed by atoms with Gasteiger partial charge in [-0.2, -0.15) is 0 Å². The normalized spacial score (nSPS) is 22.0. The van der Waals surface area contributed by atoms with Gasteiger partial charge in [-0.25, -0.2) is 0 Å². The molecule has 80 valence electrons. The molecule has 2 rings (SSSR count). The number of hydrogen-bond acceptors (Lipinski definition) is 2. The monoisotopic (exact) mass is 205 g/mol. The van der Waals surface area contributed by atoms with Crippen molar-refractivity contribution in [1.29, 1.82) is 0 Å². The van der Waals surface area contributed by atoms with E-state index in [1.165, 1.54) is 5.56 Å². The van der Waals surface area contributed by atoms with Gasteiger partial charge in [-0.1, -0.05) is 35.5 Å². The van der Waals surface area contributed by atoms with Crippen LogP contribution in [0.15, 0.2) is 35.5 Å². The Hall–Kier alpha value is -1.71. The predicted octanol–water partition coefficient (Wildman–Crippen LogP) is 1.18. The second kappa shape index (κ2) is 4.21. The fraction of sp³-hybridized carbons (Fsp3) is 0.364. The minimum atomic E-state index is 0.216. The average Bonchev–Trinajstić information content (AvgIpc) is 2.78. The Morgan fingerprint density at radius 1 is 1.40 bits per heavy atom. The lowest BCUT2D eigenvalue weighted by atomic mass is 9.99. The van der Waals surface area contributed by atoms with E-state index in [4.69, 9.17) is 10.9 Å². The minimum absolute atomic E-state index is 0.216. The molecule has 0 amide bonds. The first-order chi connectivity index (χ1) is 7.31. The van der Waals surface area contributed by atoms with Crippen LogP contribution in [0.4, 0.5) is 0 Å². The van der Waals surface area contributed by atoms with Crippen molar-refractivity contribution in [3.63, 3.8) is 0 Å². The average molecular weight is 205 g/mol. The smallest absolute Gasteiger partial charge is 0.233 e. The van der Waals surface area contributed by atoms with Gasteiger partial charge in [-0.3, -0.25) is 0 Å². The summed E-state index contributed by atoms with van der Waals surface area (Å²) in [5.41, 5.74) is 6.87. The summed E-state index contributed by atoms with van der Waals surface area (Å²) in [4.78, 5) is 1.90. The van der Waals surface area contributed by atoms with Crippen LogP contribution in [0.25, 0.3) is 0 Å². The van der Waals surface area contributed by atoms with Crippen LogP contribution in [0, 0.1) is 0 Å². The highest BCUT2D eigenvalue weighted by atomic mass is 16.4. The lowest BCUT2D eigenvalue weighted by molar-refractivity contribution is 0.304. The Kier molecular flexibility index (Phi) is 2.76. The van der Waals surface area contributed by atoms with Gasteiger partial charge in [0.05, 0.1) is 0 Å². The molecule has 1 aromatic rings. The molecule has 1 unspecified atom stereocenters. The van der Waals surface area contributed by atoms with Crippen molar-refractivity contribution in [3.05, 3.63) is 35.9 Å². The zero-order valence-electron chi connectivity index (χ0n) is 8.50. The molecule has 0 aromatic heterocycles. The van der Waals surface area contributed by atoms with Gasteiger partial charge >= 0.3 is 0 Å². The summed E-state index contributed by atoms with van der Waals surface area (Å²) < 4.78 is 0. The highest BCUT2D eigenvalue weighted by molar-refractivity contribution is 5.77. The number of oxime groups is 1. The molecule has 0 aliphatic carbocycles. The molecule has 1 atom stereocenters. The quantitative estimate of drug-likeness (QED) is 0.313. The van der Waals surface area contributed by atoms with Gasteiger partial charge in [0.2, 0.25) is 5.96 Å².